The van der Waals surface area contributed by atoms with Crippen LogP contribution < -0.4 is 15.8 Å². The number of nitrogens with zero attached hydrogens (tertiary/aromatic N) is 1. The average molecular weight is 249 g/mol. The highest BCUT2D eigenvalue weighted by Crippen LogP contribution is 2.23. The summed E-state index contributed by atoms with van der Waals surface area (Å²) in [6.07, 6.45) is 2.22. The van der Waals surface area contributed by atoms with Crippen LogP contribution in [0.15, 0.2) is 18.2 Å². The molecule has 1 aliphatic heterocycles. The third-order valence-corrected chi connectivity index (χ3v) is 3.15. The van der Waals surface area contributed by atoms with Crippen molar-refractivity contribution in [2.24, 2.45) is 0 Å². The van der Waals surface area contributed by atoms with E-state index in [0.29, 0.717) is 11.4 Å². The molecule has 1 aliphatic rings. The lowest BCUT2D eigenvalue weighted by Crippen LogP contribution is -2.33. The topological polar surface area (TPSA) is 67.6 Å². The fourth-order valence-electron chi connectivity index (χ4n) is 2.08. The number of likely N-dealkylation sites (tertiary alicyclic amines) is 1. The molecule has 0 spiro atoms. The van der Waals surface area contributed by atoms with Crippen LogP contribution in [0.5, 0.6) is 5.75 Å². The van der Waals surface area contributed by atoms with Gasteiger partial charge in [0.2, 0.25) is 5.91 Å². The van der Waals surface area contributed by atoms with Crippen LogP contribution >= 0.6 is 0 Å². The second-order valence-electron chi connectivity index (χ2n) is 4.39. The number of methoxy groups -OCH3 is 1. The first-order valence-electron chi connectivity index (χ1n) is 6.16. The molecule has 5 heteroatoms. The van der Waals surface area contributed by atoms with Gasteiger partial charge in [0.15, 0.2) is 0 Å². The van der Waals surface area contributed by atoms with E-state index in [4.69, 9.17) is 10.5 Å². The molecule has 1 amide bonds. The molecule has 0 saturated carbocycles. The van der Waals surface area contributed by atoms with Gasteiger partial charge in [0.05, 0.1) is 25.0 Å². The maximum atomic E-state index is 11.9. The molecular weight excluding hydrogens is 230 g/mol. The first-order chi connectivity index (χ1) is 8.70. The molecule has 1 heterocycles. The Balaban J connectivity index is 1.91. The number of hydrogen-bond donors (Lipinski definition) is 2. The molecule has 0 aliphatic carbocycles. The molecule has 18 heavy (non-hydrogen) atoms. The minimum atomic E-state index is 0.128. The molecule has 0 radical (unpaired) electrons. The summed E-state index contributed by atoms with van der Waals surface area (Å²) in [4.78, 5) is 13.7. The van der Waals surface area contributed by atoms with E-state index >= 15 is 0 Å². The van der Waals surface area contributed by atoms with Gasteiger partial charge in [-0.15, -0.1) is 0 Å². The Morgan fingerprint density at radius 3 is 2.78 bits per heavy atom. The molecule has 1 fully saturated rings. The Morgan fingerprint density at radius 1 is 1.44 bits per heavy atom. The van der Waals surface area contributed by atoms with E-state index in [-0.39, 0.29) is 12.5 Å². The van der Waals surface area contributed by atoms with E-state index in [2.05, 4.69) is 5.32 Å². The minimum absolute atomic E-state index is 0.128. The molecule has 1 aromatic rings. The first kappa shape index (κ1) is 12.5. The standard InChI is InChI=1S/C13H19N3O2/c1-18-10-4-5-12(11(14)8-10)15-9-13(17)16-6-2-3-7-16/h4-5,8,15H,2-3,6-7,9,14H2,1H3. The molecule has 5 nitrogen and oxygen atoms in total. The predicted octanol–water partition coefficient (Wildman–Crippen LogP) is 1.31. The van der Waals surface area contributed by atoms with Crippen molar-refractivity contribution in [1.29, 1.82) is 0 Å². The third-order valence-electron chi connectivity index (χ3n) is 3.15. The Kier molecular flexibility index (Phi) is 3.92. The van der Waals surface area contributed by atoms with Gasteiger partial charge < -0.3 is 20.7 Å². The van der Waals surface area contributed by atoms with E-state index in [1.54, 1.807) is 13.2 Å². The molecule has 3 N–H and O–H groups in total. The van der Waals surface area contributed by atoms with Crippen LogP contribution in [0.2, 0.25) is 0 Å². The smallest absolute Gasteiger partial charge is 0.241 e. The van der Waals surface area contributed by atoms with Gasteiger partial charge in [-0.25, -0.2) is 0 Å². The van der Waals surface area contributed by atoms with Crippen molar-refractivity contribution >= 4 is 17.3 Å². The second kappa shape index (κ2) is 5.62. The second-order valence-corrected chi connectivity index (χ2v) is 4.39. The predicted molar refractivity (Wildman–Crippen MR) is 71.7 cm³/mol. The SMILES string of the molecule is COc1ccc(NCC(=O)N2CCCC2)c(N)c1. The first-order valence-corrected chi connectivity index (χ1v) is 6.16. The van der Waals surface area contributed by atoms with Crippen LogP contribution in [0, 0.1) is 0 Å². The van der Waals surface area contributed by atoms with Crippen LogP contribution in [0.4, 0.5) is 11.4 Å². The van der Waals surface area contributed by atoms with Gasteiger partial charge in [0.25, 0.3) is 0 Å². The number of amides is 1. The van der Waals surface area contributed by atoms with E-state index < -0.39 is 0 Å². The number of hydrogen-bond acceptors (Lipinski definition) is 4. The van der Waals surface area contributed by atoms with Gasteiger partial charge >= 0.3 is 0 Å². The lowest BCUT2D eigenvalue weighted by molar-refractivity contribution is -0.128. The van der Waals surface area contributed by atoms with E-state index in [0.717, 1.165) is 31.6 Å². The highest BCUT2D eigenvalue weighted by atomic mass is 16.5. The molecular formula is C13H19N3O2. The number of carbonyl (C=O) groups is 1. The Bertz CT molecular complexity index is 428. The highest BCUT2D eigenvalue weighted by molar-refractivity contribution is 5.82. The van der Waals surface area contributed by atoms with Crippen molar-refractivity contribution in [3.63, 3.8) is 0 Å². The monoisotopic (exact) mass is 249 g/mol. The summed E-state index contributed by atoms with van der Waals surface area (Å²) in [5.41, 5.74) is 7.22. The van der Waals surface area contributed by atoms with Crippen molar-refractivity contribution in [2.45, 2.75) is 12.8 Å². The number of nitrogen functional groups attached to an aromatic ring is 1. The summed E-state index contributed by atoms with van der Waals surface area (Å²) in [7, 11) is 1.60. The zero-order valence-corrected chi connectivity index (χ0v) is 10.6. The number of ether oxygens (including phenoxy) is 1. The van der Waals surface area contributed by atoms with E-state index in [1.807, 2.05) is 17.0 Å². The zero-order valence-electron chi connectivity index (χ0n) is 10.6. The summed E-state index contributed by atoms with van der Waals surface area (Å²) in [5.74, 6) is 0.839. The largest absolute Gasteiger partial charge is 0.497 e. The molecule has 0 bridgehead atoms. The minimum Gasteiger partial charge on any atom is -0.497 e. The van der Waals surface area contributed by atoms with E-state index in [1.165, 1.54) is 0 Å². The van der Waals surface area contributed by atoms with Gasteiger partial charge in [-0.2, -0.15) is 0 Å². The summed E-state index contributed by atoms with van der Waals surface area (Å²) < 4.78 is 5.07. The van der Waals surface area contributed by atoms with Crippen LogP contribution in [0.25, 0.3) is 0 Å². The maximum Gasteiger partial charge on any atom is 0.241 e. The van der Waals surface area contributed by atoms with Crippen LogP contribution in [0.1, 0.15) is 12.8 Å². The molecule has 0 unspecified atom stereocenters. The van der Waals surface area contributed by atoms with Crippen LogP contribution in [-0.4, -0.2) is 37.6 Å². The number of nitrogens with two attached hydrogens (primary N) is 1. The maximum absolute atomic E-state index is 11.9. The number of rotatable bonds is 4. The summed E-state index contributed by atoms with van der Waals surface area (Å²) in [6, 6.07) is 5.38. The van der Waals surface area contributed by atoms with Crippen LogP contribution in [-0.2, 0) is 4.79 Å². The van der Waals surface area contributed by atoms with Crippen molar-refractivity contribution in [3.8, 4) is 5.75 Å². The fraction of sp³-hybridized carbons (Fsp3) is 0.462. The zero-order chi connectivity index (χ0) is 13.0. The average Bonchev–Trinajstić information content (AvgIpc) is 2.90. The van der Waals surface area contributed by atoms with Gasteiger partial charge in [-0.05, 0) is 25.0 Å². The quantitative estimate of drug-likeness (QED) is 0.790. The Hall–Kier alpha value is -1.91. The number of benzene rings is 1. The van der Waals surface area contributed by atoms with Gasteiger partial charge in [-0.3, -0.25) is 4.79 Å². The Morgan fingerprint density at radius 2 is 2.17 bits per heavy atom. The van der Waals surface area contributed by atoms with Crippen molar-refractivity contribution in [3.05, 3.63) is 18.2 Å². The fourth-order valence-corrected chi connectivity index (χ4v) is 2.08. The lowest BCUT2D eigenvalue weighted by Gasteiger charge is -2.16. The molecule has 1 saturated heterocycles. The summed E-state index contributed by atoms with van der Waals surface area (Å²) in [6.45, 7) is 2.04. The van der Waals surface area contributed by atoms with E-state index in [9.17, 15) is 4.79 Å². The number of nitrogens with one attached hydrogen (secondary N) is 1. The molecule has 1 aromatic carbocycles. The number of carbonyl (C=O) groups excluding carboxylic acids is 1. The number of anilines is 2. The van der Waals surface area contributed by atoms with Gasteiger partial charge in [0, 0.05) is 19.2 Å². The van der Waals surface area contributed by atoms with Crippen molar-refractivity contribution in [2.75, 3.05) is 37.8 Å². The van der Waals surface area contributed by atoms with Crippen molar-refractivity contribution < 1.29 is 9.53 Å². The third kappa shape index (κ3) is 2.85. The van der Waals surface area contributed by atoms with Crippen LogP contribution in [0.3, 0.4) is 0 Å². The summed E-state index contributed by atoms with van der Waals surface area (Å²) in [5, 5.41) is 3.07. The summed E-state index contributed by atoms with van der Waals surface area (Å²) >= 11 is 0. The Labute approximate surface area is 107 Å². The normalized spacial score (nSPS) is 14.6. The molecule has 0 aromatic heterocycles. The molecule has 2 rings (SSSR count). The highest BCUT2D eigenvalue weighted by Gasteiger charge is 2.17. The lowest BCUT2D eigenvalue weighted by atomic mass is 10.2. The van der Waals surface area contributed by atoms with Gasteiger partial charge in [-0.1, -0.05) is 0 Å². The van der Waals surface area contributed by atoms with Gasteiger partial charge in [0.1, 0.15) is 5.75 Å². The van der Waals surface area contributed by atoms with Crippen molar-refractivity contribution in [1.82, 2.24) is 4.90 Å². The molecule has 98 valence electrons. The molecule has 0 atom stereocenters.